The maximum absolute atomic E-state index is 12.8. The number of nitrogens with zero attached hydrogens (tertiary/aromatic N) is 2. The Balaban J connectivity index is 1.63. The number of carbonyl (C=O) groups excluding carboxylic acids is 1. The number of aromatic nitrogens is 2. The average molecular weight is 359 g/mol. The number of ether oxygens (including phenoxy) is 3. The van der Waals surface area contributed by atoms with Crippen molar-refractivity contribution in [2.24, 2.45) is 0 Å². The highest BCUT2D eigenvalue weighted by Crippen LogP contribution is 2.26. The molecule has 1 amide bonds. The van der Waals surface area contributed by atoms with Crippen molar-refractivity contribution in [3.63, 3.8) is 0 Å². The summed E-state index contributed by atoms with van der Waals surface area (Å²) in [4.78, 5) is 14.7. The van der Waals surface area contributed by atoms with Crippen LogP contribution in [0.3, 0.4) is 0 Å². The lowest BCUT2D eigenvalue weighted by atomic mass is 10.1. The Morgan fingerprint density at radius 1 is 1.31 bits per heavy atom. The van der Waals surface area contributed by atoms with E-state index in [1.165, 1.54) is 0 Å². The van der Waals surface area contributed by atoms with Crippen LogP contribution in [0.25, 0.3) is 0 Å². The molecule has 1 saturated heterocycles. The number of H-pyrrole nitrogens is 1. The van der Waals surface area contributed by atoms with E-state index >= 15 is 0 Å². The van der Waals surface area contributed by atoms with Crippen LogP contribution in [0.2, 0.25) is 0 Å². The summed E-state index contributed by atoms with van der Waals surface area (Å²) >= 11 is 0. The van der Waals surface area contributed by atoms with Crippen LogP contribution in [0.4, 0.5) is 0 Å². The molecule has 2 heterocycles. The van der Waals surface area contributed by atoms with Crippen molar-refractivity contribution in [1.29, 1.82) is 0 Å². The summed E-state index contributed by atoms with van der Waals surface area (Å²) in [6, 6.07) is 9.40. The first-order valence-electron chi connectivity index (χ1n) is 8.91. The predicted molar refractivity (Wildman–Crippen MR) is 96.5 cm³/mol. The van der Waals surface area contributed by atoms with Gasteiger partial charge in [0.25, 0.3) is 5.91 Å². The van der Waals surface area contributed by atoms with E-state index in [1.807, 2.05) is 36.1 Å². The molecule has 3 rings (SSSR count). The monoisotopic (exact) mass is 359 g/mol. The van der Waals surface area contributed by atoms with Crippen LogP contribution in [-0.2, 0) is 11.3 Å². The predicted octanol–water partition coefficient (Wildman–Crippen LogP) is 2.64. The molecule has 0 atom stereocenters. The molecule has 0 aliphatic carbocycles. The van der Waals surface area contributed by atoms with Crippen LogP contribution in [0.5, 0.6) is 11.5 Å². The summed E-state index contributed by atoms with van der Waals surface area (Å²) in [6.07, 6.45) is 1.74. The van der Waals surface area contributed by atoms with Crippen LogP contribution in [0, 0.1) is 0 Å². The first kappa shape index (κ1) is 18.3. The van der Waals surface area contributed by atoms with Gasteiger partial charge in [-0.15, -0.1) is 0 Å². The molecule has 7 heteroatoms. The number of carbonyl (C=O) groups is 1. The molecule has 1 aliphatic rings. The van der Waals surface area contributed by atoms with Crippen LogP contribution in [-0.4, -0.2) is 53.9 Å². The highest BCUT2D eigenvalue weighted by molar-refractivity contribution is 5.92. The Morgan fingerprint density at radius 3 is 2.73 bits per heavy atom. The minimum Gasteiger partial charge on any atom is -0.493 e. The molecule has 0 radical (unpaired) electrons. The molecule has 1 fully saturated rings. The van der Waals surface area contributed by atoms with Gasteiger partial charge in [0.15, 0.2) is 17.2 Å². The average Bonchev–Trinajstić information content (AvgIpc) is 3.17. The number of rotatable bonds is 7. The summed E-state index contributed by atoms with van der Waals surface area (Å²) in [6.45, 7) is 4.33. The lowest BCUT2D eigenvalue weighted by Gasteiger charge is -2.33. The summed E-state index contributed by atoms with van der Waals surface area (Å²) in [7, 11) is 1.60. The number of nitrogens with one attached hydrogen (secondary N) is 1. The second kappa shape index (κ2) is 8.71. The smallest absolute Gasteiger partial charge is 0.274 e. The number of hydrogen-bond donors (Lipinski definition) is 1. The van der Waals surface area contributed by atoms with E-state index in [0.717, 1.165) is 18.5 Å². The second-order valence-corrected chi connectivity index (χ2v) is 6.15. The maximum atomic E-state index is 12.8. The molecule has 1 aromatic heterocycles. The zero-order valence-corrected chi connectivity index (χ0v) is 15.2. The first-order valence-corrected chi connectivity index (χ1v) is 8.91. The topological polar surface area (TPSA) is 76.7 Å². The quantitative estimate of drug-likeness (QED) is 0.822. The zero-order chi connectivity index (χ0) is 18.4. The molecule has 0 unspecified atom stereocenters. The van der Waals surface area contributed by atoms with Gasteiger partial charge in [-0.05, 0) is 38.0 Å². The summed E-state index contributed by atoms with van der Waals surface area (Å²) in [5.74, 6) is 1.26. The molecule has 26 heavy (non-hydrogen) atoms. The standard InChI is InChI=1S/C19H25N3O4/c1-3-22(15-8-10-25-11-9-15)19(23)16-12-14(20-21-16)13-26-18-7-5-4-6-17(18)24-2/h4-7,12,15H,3,8-11,13H2,1-2H3,(H,20,21). The van der Waals surface area contributed by atoms with Gasteiger partial charge in [-0.25, -0.2) is 0 Å². The highest BCUT2D eigenvalue weighted by Gasteiger charge is 2.26. The van der Waals surface area contributed by atoms with Crippen molar-refractivity contribution in [3.05, 3.63) is 41.7 Å². The molecule has 0 spiro atoms. The maximum Gasteiger partial charge on any atom is 0.274 e. The Bertz CT molecular complexity index is 725. The number of benzene rings is 1. The number of para-hydroxylation sites is 2. The van der Waals surface area contributed by atoms with Gasteiger partial charge in [0.2, 0.25) is 0 Å². The van der Waals surface area contributed by atoms with Crippen LogP contribution in [0.15, 0.2) is 30.3 Å². The molecule has 0 saturated carbocycles. The van der Waals surface area contributed by atoms with Gasteiger partial charge in [0.1, 0.15) is 6.61 Å². The first-order chi connectivity index (χ1) is 12.7. The van der Waals surface area contributed by atoms with E-state index in [0.29, 0.717) is 37.0 Å². The number of aromatic amines is 1. The third kappa shape index (κ3) is 4.16. The Hall–Kier alpha value is -2.54. The minimum atomic E-state index is -0.0563. The molecule has 1 N–H and O–H groups in total. The van der Waals surface area contributed by atoms with Gasteiger partial charge in [0, 0.05) is 25.8 Å². The van der Waals surface area contributed by atoms with Gasteiger partial charge in [-0.2, -0.15) is 5.10 Å². The fraction of sp³-hybridized carbons (Fsp3) is 0.474. The molecular weight excluding hydrogens is 334 g/mol. The molecule has 1 aromatic carbocycles. The summed E-state index contributed by atoms with van der Waals surface area (Å²) in [5, 5.41) is 7.06. The third-order valence-electron chi connectivity index (χ3n) is 4.54. The molecule has 1 aliphatic heterocycles. The van der Waals surface area contributed by atoms with E-state index in [9.17, 15) is 4.79 Å². The second-order valence-electron chi connectivity index (χ2n) is 6.15. The van der Waals surface area contributed by atoms with Crippen molar-refractivity contribution >= 4 is 5.91 Å². The SMILES string of the molecule is CCN(C(=O)c1cc(COc2ccccc2OC)[nH]n1)C1CCOCC1. The van der Waals surface area contributed by atoms with Gasteiger partial charge in [-0.3, -0.25) is 9.89 Å². The highest BCUT2D eigenvalue weighted by atomic mass is 16.5. The Labute approximate surface area is 153 Å². The Kier molecular flexibility index (Phi) is 6.12. The fourth-order valence-electron chi connectivity index (χ4n) is 3.15. The number of methoxy groups -OCH3 is 1. The minimum absolute atomic E-state index is 0.0563. The van der Waals surface area contributed by atoms with E-state index in [-0.39, 0.29) is 18.6 Å². The van der Waals surface area contributed by atoms with Crippen molar-refractivity contribution in [1.82, 2.24) is 15.1 Å². The lowest BCUT2D eigenvalue weighted by molar-refractivity contribution is 0.0302. The summed E-state index contributed by atoms with van der Waals surface area (Å²) in [5.41, 5.74) is 1.15. The molecule has 0 bridgehead atoms. The number of amides is 1. The zero-order valence-electron chi connectivity index (χ0n) is 15.2. The third-order valence-corrected chi connectivity index (χ3v) is 4.54. The number of hydrogen-bond acceptors (Lipinski definition) is 5. The summed E-state index contributed by atoms with van der Waals surface area (Å²) < 4.78 is 16.4. The van der Waals surface area contributed by atoms with Crippen LogP contribution < -0.4 is 9.47 Å². The van der Waals surface area contributed by atoms with Crippen LogP contribution in [0.1, 0.15) is 35.9 Å². The van der Waals surface area contributed by atoms with E-state index < -0.39 is 0 Å². The van der Waals surface area contributed by atoms with Gasteiger partial charge in [-0.1, -0.05) is 12.1 Å². The molecular formula is C19H25N3O4. The van der Waals surface area contributed by atoms with E-state index in [4.69, 9.17) is 14.2 Å². The van der Waals surface area contributed by atoms with E-state index in [2.05, 4.69) is 10.2 Å². The molecule has 2 aromatic rings. The normalized spacial score (nSPS) is 14.8. The largest absolute Gasteiger partial charge is 0.493 e. The van der Waals surface area contributed by atoms with Crippen molar-refractivity contribution in [3.8, 4) is 11.5 Å². The lowest BCUT2D eigenvalue weighted by Crippen LogP contribution is -2.43. The van der Waals surface area contributed by atoms with E-state index in [1.54, 1.807) is 13.2 Å². The van der Waals surface area contributed by atoms with Crippen molar-refractivity contribution in [2.75, 3.05) is 26.9 Å². The molecule has 140 valence electrons. The molecule has 7 nitrogen and oxygen atoms in total. The van der Waals surface area contributed by atoms with Crippen molar-refractivity contribution in [2.45, 2.75) is 32.4 Å². The fourth-order valence-corrected chi connectivity index (χ4v) is 3.15. The van der Waals surface area contributed by atoms with Crippen molar-refractivity contribution < 1.29 is 19.0 Å². The Morgan fingerprint density at radius 2 is 2.04 bits per heavy atom. The van der Waals surface area contributed by atoms with Gasteiger partial charge >= 0.3 is 0 Å². The van der Waals surface area contributed by atoms with Gasteiger partial charge < -0.3 is 19.1 Å². The van der Waals surface area contributed by atoms with Crippen LogP contribution >= 0.6 is 0 Å². The van der Waals surface area contributed by atoms with Gasteiger partial charge in [0.05, 0.1) is 12.8 Å².